The average Bonchev–Trinajstić information content (AvgIpc) is 2.73. The molecule has 1 atom stereocenters. The molecule has 1 amide bonds. The zero-order valence-corrected chi connectivity index (χ0v) is 17.3. The summed E-state index contributed by atoms with van der Waals surface area (Å²) in [7, 11) is 1.59. The Labute approximate surface area is 177 Å². The summed E-state index contributed by atoms with van der Waals surface area (Å²) in [4.78, 5) is 29.6. The molecule has 0 aliphatic carbocycles. The predicted octanol–water partition coefficient (Wildman–Crippen LogP) is 3.38. The molecule has 2 N–H and O–H groups in total. The van der Waals surface area contributed by atoms with E-state index in [2.05, 4.69) is 4.98 Å². The Hall–Kier alpha value is -3.10. The molecule has 0 radical (unpaired) electrons. The first kappa shape index (κ1) is 21.1. The van der Waals surface area contributed by atoms with Crippen molar-refractivity contribution in [1.29, 1.82) is 0 Å². The number of halogens is 2. The topological polar surface area (TPSA) is 82.6 Å². The third-order valence-electron chi connectivity index (χ3n) is 5.67. The summed E-state index contributed by atoms with van der Waals surface area (Å²) in [5, 5.41) is 10.4. The number of amides is 1. The normalized spacial score (nSPS) is 16.3. The van der Waals surface area contributed by atoms with Crippen LogP contribution < -0.4 is 5.56 Å². The standard InChI is InChI=1S/C23H22F2N2O4/c1-23(2,30)13-6-4-12(5-7-13)22(29)27(3)19-11-31-10-18-20(19)14-8-16(24)17(25)9-15(14)21(28)26-18/h4-9,19,30H,10-11H2,1-3H3,(H,26,28). The first-order valence-corrected chi connectivity index (χ1v) is 9.79. The Balaban J connectivity index is 1.77. The molecular formula is C23H22F2N2O4. The van der Waals surface area contributed by atoms with Gasteiger partial charge < -0.3 is 19.7 Å². The second-order valence-corrected chi connectivity index (χ2v) is 8.24. The van der Waals surface area contributed by atoms with Crippen LogP contribution in [0.3, 0.4) is 0 Å². The zero-order chi connectivity index (χ0) is 22.5. The number of carbonyl (C=O) groups excluding carboxylic acids is 1. The highest BCUT2D eigenvalue weighted by atomic mass is 19.2. The van der Waals surface area contributed by atoms with E-state index >= 15 is 0 Å². The SMILES string of the molecule is CN(C(=O)c1ccc(C(C)(C)O)cc1)C1COCc2[nH]c(=O)c3cc(F)c(F)cc3c21. The van der Waals surface area contributed by atoms with Crippen molar-refractivity contribution in [2.24, 2.45) is 0 Å². The number of aromatic amines is 1. The molecule has 2 aromatic carbocycles. The van der Waals surface area contributed by atoms with Crippen LogP contribution in [0, 0.1) is 11.6 Å². The number of H-pyrrole nitrogens is 1. The molecular weight excluding hydrogens is 406 g/mol. The summed E-state index contributed by atoms with van der Waals surface area (Å²) in [5.74, 6) is -2.50. The Morgan fingerprint density at radius 2 is 1.77 bits per heavy atom. The molecule has 1 aliphatic heterocycles. The van der Waals surface area contributed by atoms with Crippen molar-refractivity contribution in [3.63, 3.8) is 0 Å². The fraction of sp³-hybridized carbons (Fsp3) is 0.304. The Kier molecular flexibility index (Phi) is 5.15. The average molecular weight is 428 g/mol. The predicted molar refractivity (Wildman–Crippen MR) is 111 cm³/mol. The maximum Gasteiger partial charge on any atom is 0.256 e. The van der Waals surface area contributed by atoms with Gasteiger partial charge in [-0.2, -0.15) is 0 Å². The first-order chi connectivity index (χ1) is 14.6. The lowest BCUT2D eigenvalue weighted by Gasteiger charge is -2.34. The molecule has 1 aromatic heterocycles. The van der Waals surface area contributed by atoms with Crippen LogP contribution in [0.15, 0.2) is 41.2 Å². The Morgan fingerprint density at radius 3 is 2.39 bits per heavy atom. The third-order valence-corrected chi connectivity index (χ3v) is 5.67. The molecule has 162 valence electrons. The number of likely N-dealkylation sites (N-methyl/N-ethyl adjacent to an activating group) is 1. The summed E-state index contributed by atoms with van der Waals surface area (Å²) >= 11 is 0. The van der Waals surface area contributed by atoms with Crippen LogP contribution in [-0.4, -0.2) is 34.6 Å². The quantitative estimate of drug-likeness (QED) is 0.670. The van der Waals surface area contributed by atoms with Crippen molar-refractivity contribution in [2.75, 3.05) is 13.7 Å². The minimum absolute atomic E-state index is 0.0138. The molecule has 3 aromatic rings. The molecule has 8 heteroatoms. The third kappa shape index (κ3) is 3.73. The van der Waals surface area contributed by atoms with E-state index in [4.69, 9.17) is 4.74 Å². The largest absolute Gasteiger partial charge is 0.386 e. The molecule has 2 heterocycles. The number of ether oxygens (including phenoxy) is 1. The van der Waals surface area contributed by atoms with E-state index in [9.17, 15) is 23.5 Å². The van der Waals surface area contributed by atoms with Crippen LogP contribution in [0.2, 0.25) is 0 Å². The van der Waals surface area contributed by atoms with Gasteiger partial charge in [-0.15, -0.1) is 0 Å². The summed E-state index contributed by atoms with van der Waals surface area (Å²) in [6, 6.07) is 7.85. The van der Waals surface area contributed by atoms with Crippen LogP contribution in [0.25, 0.3) is 10.8 Å². The summed E-state index contributed by atoms with van der Waals surface area (Å²) in [5.41, 5.74) is 0.439. The monoisotopic (exact) mass is 428 g/mol. The number of hydrogen-bond acceptors (Lipinski definition) is 4. The summed E-state index contributed by atoms with van der Waals surface area (Å²) in [6.07, 6.45) is 0. The van der Waals surface area contributed by atoms with Crippen LogP contribution in [0.5, 0.6) is 0 Å². The van der Waals surface area contributed by atoms with Gasteiger partial charge in [-0.3, -0.25) is 9.59 Å². The van der Waals surface area contributed by atoms with E-state index in [0.29, 0.717) is 22.4 Å². The van der Waals surface area contributed by atoms with Crippen molar-refractivity contribution in [1.82, 2.24) is 9.88 Å². The van der Waals surface area contributed by atoms with Gasteiger partial charge in [-0.05, 0) is 49.1 Å². The molecule has 1 unspecified atom stereocenters. The van der Waals surface area contributed by atoms with Gasteiger partial charge in [-0.25, -0.2) is 8.78 Å². The highest BCUT2D eigenvalue weighted by molar-refractivity contribution is 5.95. The number of carbonyl (C=O) groups is 1. The van der Waals surface area contributed by atoms with Crippen molar-refractivity contribution >= 4 is 16.7 Å². The van der Waals surface area contributed by atoms with Gasteiger partial charge in [0.15, 0.2) is 11.6 Å². The minimum atomic E-state index is -1.11. The number of nitrogens with zero attached hydrogens (tertiary/aromatic N) is 1. The molecule has 0 saturated heterocycles. The molecule has 0 saturated carbocycles. The number of rotatable bonds is 3. The minimum Gasteiger partial charge on any atom is -0.386 e. The van der Waals surface area contributed by atoms with Crippen molar-refractivity contribution in [3.8, 4) is 0 Å². The van der Waals surface area contributed by atoms with Gasteiger partial charge in [0.25, 0.3) is 11.5 Å². The van der Waals surface area contributed by atoms with Gasteiger partial charge in [0.1, 0.15) is 0 Å². The second kappa shape index (κ2) is 7.55. The molecule has 0 bridgehead atoms. The van der Waals surface area contributed by atoms with Gasteiger partial charge in [0.2, 0.25) is 0 Å². The fourth-order valence-corrected chi connectivity index (χ4v) is 3.91. The van der Waals surface area contributed by atoms with E-state index in [1.54, 1.807) is 45.2 Å². The lowest BCUT2D eigenvalue weighted by molar-refractivity contribution is 0.0335. The first-order valence-electron chi connectivity index (χ1n) is 9.79. The Morgan fingerprint density at radius 1 is 1.16 bits per heavy atom. The lowest BCUT2D eigenvalue weighted by atomic mass is 9.94. The van der Waals surface area contributed by atoms with E-state index in [-0.39, 0.29) is 29.9 Å². The number of nitrogens with one attached hydrogen (secondary N) is 1. The fourth-order valence-electron chi connectivity index (χ4n) is 3.91. The molecule has 0 fully saturated rings. The number of aliphatic hydroxyl groups is 1. The van der Waals surface area contributed by atoms with Crippen LogP contribution >= 0.6 is 0 Å². The lowest BCUT2D eigenvalue weighted by Crippen LogP contribution is -2.37. The summed E-state index contributed by atoms with van der Waals surface area (Å²) in [6.45, 7) is 3.54. The van der Waals surface area contributed by atoms with Crippen molar-refractivity contribution < 1.29 is 23.4 Å². The molecule has 1 aliphatic rings. The molecule has 6 nitrogen and oxygen atoms in total. The van der Waals surface area contributed by atoms with Gasteiger partial charge >= 0.3 is 0 Å². The van der Waals surface area contributed by atoms with E-state index < -0.39 is 28.8 Å². The van der Waals surface area contributed by atoms with E-state index in [1.165, 1.54) is 4.90 Å². The highest BCUT2D eigenvalue weighted by Gasteiger charge is 2.31. The van der Waals surface area contributed by atoms with E-state index in [1.807, 2.05) is 0 Å². The smallest absolute Gasteiger partial charge is 0.256 e. The number of fused-ring (bicyclic) bond motifs is 3. The van der Waals surface area contributed by atoms with Crippen molar-refractivity contribution in [3.05, 3.63) is 80.8 Å². The van der Waals surface area contributed by atoms with Gasteiger partial charge in [-0.1, -0.05) is 12.1 Å². The number of aromatic nitrogens is 1. The summed E-state index contributed by atoms with van der Waals surface area (Å²) < 4.78 is 33.3. The maximum absolute atomic E-state index is 14.0. The molecule has 31 heavy (non-hydrogen) atoms. The van der Waals surface area contributed by atoms with Gasteiger partial charge in [0, 0.05) is 23.9 Å². The van der Waals surface area contributed by atoms with Crippen LogP contribution in [0.4, 0.5) is 8.78 Å². The Bertz CT molecular complexity index is 1230. The number of pyridine rings is 1. The maximum atomic E-state index is 14.0. The van der Waals surface area contributed by atoms with Crippen LogP contribution in [0.1, 0.15) is 47.1 Å². The van der Waals surface area contributed by atoms with Crippen molar-refractivity contribution in [2.45, 2.75) is 32.1 Å². The number of hydrogen-bond donors (Lipinski definition) is 2. The van der Waals surface area contributed by atoms with E-state index in [0.717, 1.165) is 12.1 Å². The molecule has 4 rings (SSSR count). The molecule has 0 spiro atoms. The number of benzene rings is 2. The van der Waals surface area contributed by atoms with Gasteiger partial charge in [0.05, 0.1) is 30.2 Å². The zero-order valence-electron chi connectivity index (χ0n) is 17.3. The van der Waals surface area contributed by atoms with Crippen LogP contribution in [-0.2, 0) is 16.9 Å². The highest BCUT2D eigenvalue weighted by Crippen LogP contribution is 2.34. The second-order valence-electron chi connectivity index (χ2n) is 8.24.